The first-order valence-corrected chi connectivity index (χ1v) is 7.81. The lowest BCUT2D eigenvalue weighted by Gasteiger charge is -2.33. The smallest absolute Gasteiger partial charge is 0.293 e. The molecule has 2 aromatic carbocycles. The van der Waals surface area contributed by atoms with E-state index in [1.54, 1.807) is 24.3 Å². The lowest BCUT2D eigenvalue weighted by Crippen LogP contribution is -2.33. The van der Waals surface area contributed by atoms with E-state index in [1.807, 2.05) is 23.1 Å². The van der Waals surface area contributed by atoms with Gasteiger partial charge in [-0.25, -0.2) is 0 Å². The Labute approximate surface area is 139 Å². The van der Waals surface area contributed by atoms with Crippen LogP contribution in [0.3, 0.4) is 0 Å². The van der Waals surface area contributed by atoms with Crippen LogP contribution in [0.2, 0.25) is 0 Å². The van der Waals surface area contributed by atoms with Gasteiger partial charge in [-0.15, -0.1) is 0 Å². The van der Waals surface area contributed by atoms with Crippen molar-refractivity contribution in [2.45, 2.75) is 18.8 Å². The number of anilines is 1. The number of benzene rings is 2. The molecule has 6 heteroatoms. The van der Waals surface area contributed by atoms with Crippen LogP contribution in [-0.2, 0) is 0 Å². The number of aromatic hydroxyl groups is 1. The second-order valence-corrected chi connectivity index (χ2v) is 5.93. The number of nitriles is 1. The number of nitrogens with zero attached hydrogens (tertiary/aromatic N) is 3. The molecule has 1 aliphatic rings. The maximum Gasteiger partial charge on any atom is 0.293 e. The number of rotatable bonds is 3. The molecule has 0 unspecified atom stereocenters. The lowest BCUT2D eigenvalue weighted by atomic mass is 9.89. The molecule has 0 radical (unpaired) electrons. The zero-order valence-electron chi connectivity index (χ0n) is 13.1. The van der Waals surface area contributed by atoms with E-state index >= 15 is 0 Å². The molecule has 1 fully saturated rings. The summed E-state index contributed by atoms with van der Waals surface area (Å²) in [6.07, 6.45) is 1.78. The second-order valence-electron chi connectivity index (χ2n) is 5.93. The van der Waals surface area contributed by atoms with Gasteiger partial charge in [0, 0.05) is 19.2 Å². The SMILES string of the molecule is N#Cc1ccc(N2CCC(c3ccc(O)cc3)CC2)c([N+](=O)[O-])c1. The minimum Gasteiger partial charge on any atom is -0.508 e. The highest BCUT2D eigenvalue weighted by atomic mass is 16.6. The van der Waals surface area contributed by atoms with Crippen LogP contribution in [0.15, 0.2) is 42.5 Å². The van der Waals surface area contributed by atoms with Gasteiger partial charge in [0.15, 0.2) is 0 Å². The van der Waals surface area contributed by atoms with E-state index in [-0.39, 0.29) is 11.4 Å². The highest BCUT2D eigenvalue weighted by Gasteiger charge is 2.25. The average molecular weight is 323 g/mol. The summed E-state index contributed by atoms with van der Waals surface area (Å²) in [5.41, 5.74) is 2.03. The molecule has 1 saturated heterocycles. The highest BCUT2D eigenvalue weighted by molar-refractivity contribution is 5.66. The topological polar surface area (TPSA) is 90.4 Å². The fourth-order valence-corrected chi connectivity index (χ4v) is 3.21. The fraction of sp³-hybridized carbons (Fsp3) is 0.278. The molecule has 0 saturated carbocycles. The van der Waals surface area contributed by atoms with Crippen molar-refractivity contribution in [3.63, 3.8) is 0 Å². The minimum atomic E-state index is -0.428. The molecule has 0 spiro atoms. The van der Waals surface area contributed by atoms with Crippen LogP contribution in [-0.4, -0.2) is 23.1 Å². The van der Waals surface area contributed by atoms with Crippen molar-refractivity contribution in [1.82, 2.24) is 0 Å². The molecule has 1 aliphatic heterocycles. The van der Waals surface area contributed by atoms with Crippen molar-refractivity contribution in [2.75, 3.05) is 18.0 Å². The van der Waals surface area contributed by atoms with Gasteiger partial charge >= 0.3 is 0 Å². The van der Waals surface area contributed by atoms with Crippen molar-refractivity contribution in [2.24, 2.45) is 0 Å². The van der Waals surface area contributed by atoms with Gasteiger partial charge in [-0.05, 0) is 48.6 Å². The molecular formula is C18H17N3O3. The third-order valence-electron chi connectivity index (χ3n) is 4.50. The minimum absolute atomic E-state index is 0.0165. The van der Waals surface area contributed by atoms with E-state index in [4.69, 9.17) is 5.26 Å². The number of nitro groups is 1. The summed E-state index contributed by atoms with van der Waals surface area (Å²) in [4.78, 5) is 12.9. The van der Waals surface area contributed by atoms with Crippen molar-refractivity contribution in [3.05, 3.63) is 63.7 Å². The standard InChI is InChI=1S/C18H17N3O3/c19-12-13-1-6-17(18(11-13)21(23)24)20-9-7-15(8-10-20)14-2-4-16(22)5-3-14/h1-6,11,15,22H,7-10H2. The fourth-order valence-electron chi connectivity index (χ4n) is 3.21. The van der Waals surface area contributed by atoms with Crippen molar-refractivity contribution in [3.8, 4) is 11.8 Å². The van der Waals surface area contributed by atoms with Gasteiger partial charge in [0.25, 0.3) is 5.69 Å². The van der Waals surface area contributed by atoms with E-state index in [0.717, 1.165) is 25.9 Å². The Morgan fingerprint density at radius 2 is 1.83 bits per heavy atom. The summed E-state index contributed by atoms with van der Waals surface area (Å²) in [6, 6.07) is 13.8. The zero-order chi connectivity index (χ0) is 17.1. The predicted octanol–water partition coefficient (Wildman–Crippen LogP) is 3.56. The van der Waals surface area contributed by atoms with Crippen LogP contribution in [0.5, 0.6) is 5.75 Å². The van der Waals surface area contributed by atoms with Crippen molar-refractivity contribution in [1.29, 1.82) is 5.26 Å². The van der Waals surface area contributed by atoms with Crippen LogP contribution >= 0.6 is 0 Å². The van der Waals surface area contributed by atoms with E-state index in [1.165, 1.54) is 11.6 Å². The number of hydrogen-bond donors (Lipinski definition) is 1. The summed E-state index contributed by atoms with van der Waals surface area (Å²) in [5, 5.41) is 29.6. The van der Waals surface area contributed by atoms with Gasteiger partial charge in [-0.2, -0.15) is 5.26 Å². The Morgan fingerprint density at radius 3 is 2.42 bits per heavy atom. The molecule has 122 valence electrons. The molecule has 0 aromatic heterocycles. The molecule has 24 heavy (non-hydrogen) atoms. The Bertz CT molecular complexity index is 788. The molecule has 1 N–H and O–H groups in total. The summed E-state index contributed by atoms with van der Waals surface area (Å²) in [5.74, 6) is 0.642. The summed E-state index contributed by atoms with van der Waals surface area (Å²) < 4.78 is 0. The van der Waals surface area contributed by atoms with E-state index in [9.17, 15) is 15.2 Å². The van der Waals surface area contributed by atoms with Gasteiger partial charge in [-0.1, -0.05) is 12.1 Å². The van der Waals surface area contributed by atoms with Crippen LogP contribution in [0.4, 0.5) is 11.4 Å². The van der Waals surface area contributed by atoms with Gasteiger partial charge < -0.3 is 10.0 Å². The number of nitro benzene ring substituents is 1. The molecular weight excluding hydrogens is 306 g/mol. The van der Waals surface area contributed by atoms with Crippen LogP contribution < -0.4 is 4.90 Å². The van der Waals surface area contributed by atoms with Crippen LogP contribution in [0.25, 0.3) is 0 Å². The number of phenols is 1. The molecule has 0 bridgehead atoms. The Morgan fingerprint density at radius 1 is 1.17 bits per heavy atom. The van der Waals surface area contributed by atoms with E-state index in [2.05, 4.69) is 0 Å². The first-order chi connectivity index (χ1) is 11.6. The third kappa shape index (κ3) is 3.15. The Kier molecular flexibility index (Phi) is 4.34. The molecule has 0 atom stereocenters. The Hall–Kier alpha value is -3.07. The molecule has 3 rings (SSSR count). The largest absolute Gasteiger partial charge is 0.508 e. The van der Waals surface area contributed by atoms with Crippen LogP contribution in [0, 0.1) is 21.4 Å². The van der Waals surface area contributed by atoms with Gasteiger partial charge in [0.1, 0.15) is 11.4 Å². The molecule has 0 aliphatic carbocycles. The normalized spacial score (nSPS) is 15.0. The summed E-state index contributed by atoms with van der Waals surface area (Å²) in [6.45, 7) is 1.44. The summed E-state index contributed by atoms with van der Waals surface area (Å²) in [7, 11) is 0. The van der Waals surface area contributed by atoms with Gasteiger partial charge in [0.2, 0.25) is 0 Å². The Balaban J connectivity index is 1.76. The van der Waals surface area contributed by atoms with E-state index < -0.39 is 4.92 Å². The van der Waals surface area contributed by atoms with Crippen LogP contribution in [0.1, 0.15) is 29.9 Å². The number of piperidine rings is 1. The highest BCUT2D eigenvalue weighted by Crippen LogP contribution is 2.35. The first-order valence-electron chi connectivity index (χ1n) is 7.81. The maximum atomic E-state index is 11.3. The second kappa shape index (κ2) is 6.59. The van der Waals surface area contributed by atoms with Crippen molar-refractivity contribution < 1.29 is 10.0 Å². The number of phenolic OH excluding ortho intramolecular Hbond substituents is 1. The lowest BCUT2D eigenvalue weighted by molar-refractivity contribution is -0.384. The quantitative estimate of drug-likeness (QED) is 0.689. The monoisotopic (exact) mass is 323 g/mol. The molecule has 6 nitrogen and oxygen atoms in total. The summed E-state index contributed by atoms with van der Waals surface area (Å²) >= 11 is 0. The van der Waals surface area contributed by atoms with E-state index in [0.29, 0.717) is 17.2 Å². The average Bonchev–Trinajstić information content (AvgIpc) is 2.62. The predicted molar refractivity (Wildman–Crippen MR) is 90.1 cm³/mol. The number of hydrogen-bond acceptors (Lipinski definition) is 5. The molecule has 0 amide bonds. The maximum absolute atomic E-state index is 11.3. The molecule has 1 heterocycles. The first kappa shape index (κ1) is 15.8. The zero-order valence-corrected chi connectivity index (χ0v) is 13.1. The van der Waals surface area contributed by atoms with Crippen molar-refractivity contribution >= 4 is 11.4 Å². The van der Waals surface area contributed by atoms with Gasteiger partial charge in [0.05, 0.1) is 16.6 Å². The van der Waals surface area contributed by atoms with Gasteiger partial charge in [-0.3, -0.25) is 10.1 Å². The molecule has 2 aromatic rings. The third-order valence-corrected chi connectivity index (χ3v) is 4.50.